The predicted molar refractivity (Wildman–Crippen MR) is 79.4 cm³/mol. The molecule has 2 rings (SSSR count). The molecule has 0 radical (unpaired) electrons. The second-order valence-electron chi connectivity index (χ2n) is 5.55. The third kappa shape index (κ3) is 3.69. The molecule has 1 saturated carbocycles. The molecule has 0 aromatic carbocycles. The Hall–Kier alpha value is -0.610. The molecule has 0 atom stereocenters. The van der Waals surface area contributed by atoms with Crippen LogP contribution in [0, 0.1) is 0 Å². The molecule has 0 amide bonds. The highest BCUT2D eigenvalue weighted by Crippen LogP contribution is 2.29. The van der Waals surface area contributed by atoms with Crippen molar-refractivity contribution in [3.8, 4) is 0 Å². The number of aromatic nitrogens is 1. The van der Waals surface area contributed by atoms with Crippen molar-refractivity contribution in [1.29, 1.82) is 0 Å². The van der Waals surface area contributed by atoms with Gasteiger partial charge >= 0.3 is 0 Å². The molecule has 0 spiro atoms. The molecular weight excluding hydrogens is 242 g/mol. The highest BCUT2D eigenvalue weighted by Gasteiger charge is 2.20. The summed E-state index contributed by atoms with van der Waals surface area (Å²) >= 11 is 1.83. The lowest BCUT2D eigenvalue weighted by Crippen LogP contribution is -2.33. The zero-order valence-electron chi connectivity index (χ0n) is 11.8. The molecule has 1 aromatic rings. The second-order valence-corrected chi connectivity index (χ2v) is 6.64. The monoisotopic (exact) mass is 267 g/mol. The van der Waals surface area contributed by atoms with Crippen molar-refractivity contribution in [3.05, 3.63) is 11.1 Å². The van der Waals surface area contributed by atoms with Gasteiger partial charge in [-0.1, -0.05) is 33.1 Å². The van der Waals surface area contributed by atoms with Gasteiger partial charge < -0.3 is 10.2 Å². The van der Waals surface area contributed by atoms with E-state index in [2.05, 4.69) is 36.1 Å². The van der Waals surface area contributed by atoms with Gasteiger partial charge in [-0.05, 0) is 12.8 Å². The van der Waals surface area contributed by atoms with Gasteiger partial charge in [-0.2, -0.15) is 0 Å². The first-order valence-electron chi connectivity index (χ1n) is 7.07. The maximum absolute atomic E-state index is 4.57. The fraction of sp³-hybridized carbons (Fsp3) is 0.786. The van der Waals surface area contributed by atoms with Crippen LogP contribution in [0.25, 0.3) is 0 Å². The zero-order valence-corrected chi connectivity index (χ0v) is 12.6. The Morgan fingerprint density at radius 1 is 1.39 bits per heavy atom. The highest BCUT2D eigenvalue weighted by molar-refractivity contribution is 7.15. The van der Waals surface area contributed by atoms with E-state index in [-0.39, 0.29) is 0 Å². The first-order chi connectivity index (χ1) is 8.66. The average molecular weight is 267 g/mol. The molecule has 102 valence electrons. The molecule has 0 saturated heterocycles. The lowest BCUT2D eigenvalue weighted by Gasteiger charge is -2.30. The van der Waals surface area contributed by atoms with Gasteiger partial charge in [0.15, 0.2) is 5.13 Å². The van der Waals surface area contributed by atoms with Gasteiger partial charge in [-0.15, -0.1) is 11.3 Å². The lowest BCUT2D eigenvalue weighted by atomic mass is 9.95. The number of anilines is 1. The van der Waals surface area contributed by atoms with Gasteiger partial charge in [-0.3, -0.25) is 0 Å². The quantitative estimate of drug-likeness (QED) is 0.886. The van der Waals surface area contributed by atoms with E-state index in [0.717, 1.165) is 6.54 Å². The zero-order chi connectivity index (χ0) is 13.0. The van der Waals surface area contributed by atoms with Crippen molar-refractivity contribution in [2.24, 2.45) is 0 Å². The van der Waals surface area contributed by atoms with Gasteiger partial charge in [-0.25, -0.2) is 4.98 Å². The van der Waals surface area contributed by atoms with E-state index < -0.39 is 0 Å². The molecule has 1 N–H and O–H groups in total. The summed E-state index contributed by atoms with van der Waals surface area (Å²) in [5.41, 5.74) is 0. The standard InChI is InChI=1S/C14H25N3S/c1-11(2)15-9-13-10-16-14(18-13)17(3)12-7-5-4-6-8-12/h10-12,15H,4-9H2,1-3H3. The topological polar surface area (TPSA) is 28.2 Å². The van der Waals surface area contributed by atoms with Crippen molar-refractivity contribution < 1.29 is 0 Å². The Morgan fingerprint density at radius 3 is 2.78 bits per heavy atom. The maximum Gasteiger partial charge on any atom is 0.185 e. The Labute approximate surface area is 115 Å². The van der Waals surface area contributed by atoms with Crippen LogP contribution < -0.4 is 10.2 Å². The van der Waals surface area contributed by atoms with Crippen molar-refractivity contribution >= 4 is 16.5 Å². The smallest absolute Gasteiger partial charge is 0.185 e. The van der Waals surface area contributed by atoms with Crippen molar-refractivity contribution in [2.75, 3.05) is 11.9 Å². The van der Waals surface area contributed by atoms with E-state index in [1.807, 2.05) is 17.5 Å². The van der Waals surface area contributed by atoms with Gasteiger partial charge in [0.2, 0.25) is 0 Å². The first kappa shape index (κ1) is 13.8. The maximum atomic E-state index is 4.57. The van der Waals surface area contributed by atoms with E-state index in [4.69, 9.17) is 0 Å². The molecule has 0 unspecified atom stereocenters. The fourth-order valence-corrected chi connectivity index (χ4v) is 3.37. The van der Waals surface area contributed by atoms with Crippen LogP contribution >= 0.6 is 11.3 Å². The van der Waals surface area contributed by atoms with Crippen molar-refractivity contribution in [3.63, 3.8) is 0 Å². The van der Waals surface area contributed by atoms with Gasteiger partial charge in [0.1, 0.15) is 0 Å². The normalized spacial score (nSPS) is 17.3. The molecule has 18 heavy (non-hydrogen) atoms. The first-order valence-corrected chi connectivity index (χ1v) is 7.89. The summed E-state index contributed by atoms with van der Waals surface area (Å²) in [5.74, 6) is 0. The van der Waals surface area contributed by atoms with Crippen LogP contribution in [0.1, 0.15) is 50.8 Å². The van der Waals surface area contributed by atoms with E-state index >= 15 is 0 Å². The van der Waals surface area contributed by atoms with Crippen LogP contribution in [0.3, 0.4) is 0 Å². The molecule has 3 nitrogen and oxygen atoms in total. The summed E-state index contributed by atoms with van der Waals surface area (Å²) in [6.45, 7) is 5.29. The number of rotatable bonds is 5. The van der Waals surface area contributed by atoms with Crippen LogP contribution in [0.15, 0.2) is 6.20 Å². The predicted octanol–water partition coefficient (Wildman–Crippen LogP) is 3.41. The molecule has 1 fully saturated rings. The van der Waals surface area contributed by atoms with Crippen LogP contribution in [-0.4, -0.2) is 24.1 Å². The van der Waals surface area contributed by atoms with Gasteiger partial charge in [0, 0.05) is 36.8 Å². The van der Waals surface area contributed by atoms with E-state index in [9.17, 15) is 0 Å². The fourth-order valence-electron chi connectivity index (χ4n) is 2.47. The molecule has 1 aliphatic rings. The number of nitrogens with zero attached hydrogens (tertiary/aromatic N) is 2. The summed E-state index contributed by atoms with van der Waals surface area (Å²) < 4.78 is 0. The second kappa shape index (κ2) is 6.53. The van der Waals surface area contributed by atoms with E-state index in [1.54, 1.807) is 0 Å². The number of nitrogens with one attached hydrogen (secondary N) is 1. The summed E-state index contributed by atoms with van der Waals surface area (Å²) in [7, 11) is 2.20. The Kier molecular flexibility index (Phi) is 5.01. The lowest BCUT2D eigenvalue weighted by molar-refractivity contribution is 0.427. The molecule has 0 bridgehead atoms. The van der Waals surface area contributed by atoms with E-state index in [0.29, 0.717) is 12.1 Å². The molecule has 0 aliphatic heterocycles. The minimum atomic E-state index is 0.534. The third-order valence-corrected chi connectivity index (χ3v) is 4.74. The van der Waals surface area contributed by atoms with Crippen LogP contribution in [-0.2, 0) is 6.54 Å². The number of thiazole rings is 1. The number of hydrogen-bond donors (Lipinski definition) is 1. The molecule has 1 aliphatic carbocycles. The Morgan fingerprint density at radius 2 is 2.11 bits per heavy atom. The molecule has 1 aromatic heterocycles. The van der Waals surface area contributed by atoms with Gasteiger partial charge in [0.05, 0.1) is 0 Å². The third-order valence-electron chi connectivity index (χ3n) is 3.65. The van der Waals surface area contributed by atoms with Crippen LogP contribution in [0.4, 0.5) is 5.13 Å². The highest BCUT2D eigenvalue weighted by atomic mass is 32.1. The van der Waals surface area contributed by atoms with Gasteiger partial charge in [0.25, 0.3) is 0 Å². The minimum absolute atomic E-state index is 0.534. The summed E-state index contributed by atoms with van der Waals surface area (Å²) in [4.78, 5) is 8.30. The Balaban J connectivity index is 1.91. The van der Waals surface area contributed by atoms with Crippen molar-refractivity contribution in [2.45, 2.75) is 64.6 Å². The Bertz CT molecular complexity index is 356. The number of hydrogen-bond acceptors (Lipinski definition) is 4. The average Bonchev–Trinajstić information content (AvgIpc) is 2.85. The summed E-state index contributed by atoms with van der Waals surface area (Å²) in [6, 6.07) is 1.24. The van der Waals surface area contributed by atoms with Crippen LogP contribution in [0.5, 0.6) is 0 Å². The largest absolute Gasteiger partial charge is 0.348 e. The summed E-state index contributed by atoms with van der Waals surface area (Å²) in [6.07, 6.45) is 8.84. The molecular formula is C14H25N3S. The van der Waals surface area contributed by atoms with Crippen LogP contribution in [0.2, 0.25) is 0 Å². The SMILES string of the molecule is CC(C)NCc1cnc(N(C)C2CCCCC2)s1. The minimum Gasteiger partial charge on any atom is -0.348 e. The van der Waals surface area contributed by atoms with E-state index in [1.165, 1.54) is 42.1 Å². The molecule has 4 heteroatoms. The summed E-state index contributed by atoms with van der Waals surface area (Å²) in [5, 5.41) is 4.63. The molecule has 1 heterocycles. The van der Waals surface area contributed by atoms with Crippen molar-refractivity contribution in [1.82, 2.24) is 10.3 Å².